The topological polar surface area (TPSA) is 88.7 Å². The van der Waals surface area contributed by atoms with Crippen LogP contribution in [0.3, 0.4) is 0 Å². The van der Waals surface area contributed by atoms with E-state index in [4.69, 9.17) is 29.9 Å². The Hall–Kier alpha value is -11.9. The fraction of sp³-hybridized carbons (Fsp3) is 0.0250. The molecule has 0 N–H and O–H groups in total. The molecule has 2 aliphatic heterocycles. The summed E-state index contributed by atoms with van der Waals surface area (Å²) in [5.74, 6) is 3.28. The van der Waals surface area contributed by atoms with Crippen molar-refractivity contribution in [1.82, 2.24) is 34.5 Å². The van der Waals surface area contributed by atoms with Gasteiger partial charge in [0.15, 0.2) is 34.9 Å². The maximum absolute atomic E-state index is 5.54. The van der Waals surface area contributed by atoms with Gasteiger partial charge < -0.3 is 14.4 Å². The Morgan fingerprint density at radius 2 is 0.656 bits per heavy atom. The van der Waals surface area contributed by atoms with Gasteiger partial charge >= 0.3 is 0 Å². The summed E-state index contributed by atoms with van der Waals surface area (Å²) in [6.07, 6.45) is 0. The summed E-state index contributed by atoms with van der Waals surface area (Å²) in [5, 5.41) is 2.34. The van der Waals surface area contributed by atoms with Crippen molar-refractivity contribution >= 4 is 79.0 Å². The second-order valence-corrected chi connectivity index (χ2v) is 23.2. The summed E-state index contributed by atoms with van der Waals surface area (Å²) in [6.45, 7) is 4.37. The fourth-order valence-electron chi connectivity index (χ4n) is 13.4. The van der Waals surface area contributed by atoms with Gasteiger partial charge in [0.05, 0.1) is 16.7 Å². The van der Waals surface area contributed by atoms with E-state index in [0.29, 0.717) is 34.9 Å². The van der Waals surface area contributed by atoms with E-state index in [1.807, 2.05) is 78.9 Å². The normalized spacial score (nSPS) is 12.3. The lowest BCUT2D eigenvalue weighted by atomic mass is 9.33. The number of aryl methyl sites for hydroxylation is 2. The van der Waals surface area contributed by atoms with E-state index in [2.05, 4.69) is 241 Å². The van der Waals surface area contributed by atoms with E-state index in [-0.39, 0.29) is 6.71 Å². The molecule has 17 rings (SSSR count). The third kappa shape index (κ3) is 8.95. The van der Waals surface area contributed by atoms with Crippen LogP contribution in [0.5, 0.6) is 0 Å². The molecule has 422 valence electrons. The molecular formula is C80H54BN9. The summed E-state index contributed by atoms with van der Waals surface area (Å²) >= 11 is 0. The number of nitrogens with zero attached hydrogens (tertiary/aromatic N) is 9. The van der Waals surface area contributed by atoms with Gasteiger partial charge in [0.1, 0.15) is 0 Å². The number of rotatable bonds is 10. The molecule has 0 atom stereocenters. The SMILES string of the molecule is Cc1ccc2c(c1)c1cc(C)ccc1n2-c1ccc(-c2nc(-c3ccccc3)nc(-c3ccccc3)n2)cc1-c1nc(-c2ccccc2)nc(-c2cccc(-c3ccc(N4c5ccccc5B5c6ccccc6N(c6ccccc6)c6cccc4c65)cc3)c2)n1. The molecule has 0 aliphatic carbocycles. The molecule has 15 aromatic rings. The van der Waals surface area contributed by atoms with Gasteiger partial charge in [-0.05, 0) is 138 Å². The van der Waals surface area contributed by atoms with E-state index >= 15 is 0 Å². The second kappa shape index (κ2) is 21.5. The minimum absolute atomic E-state index is 0.0645. The first kappa shape index (κ1) is 52.5. The maximum Gasteiger partial charge on any atom is 0.252 e. The van der Waals surface area contributed by atoms with E-state index in [1.54, 1.807) is 0 Å². The molecule has 10 heteroatoms. The number of benzene rings is 12. The summed E-state index contributed by atoms with van der Waals surface area (Å²) in [5.41, 5.74) is 23.4. The lowest BCUT2D eigenvalue weighted by Crippen LogP contribution is -2.61. The Morgan fingerprint density at radius 1 is 0.267 bits per heavy atom. The van der Waals surface area contributed by atoms with Crippen LogP contribution in [0.15, 0.2) is 291 Å². The van der Waals surface area contributed by atoms with Gasteiger partial charge in [-0.1, -0.05) is 205 Å². The first-order chi connectivity index (χ1) is 44.4. The van der Waals surface area contributed by atoms with Gasteiger partial charge in [0, 0.05) is 78.3 Å². The van der Waals surface area contributed by atoms with Crippen molar-refractivity contribution in [2.45, 2.75) is 13.8 Å². The van der Waals surface area contributed by atoms with E-state index in [9.17, 15) is 0 Å². The quantitative estimate of drug-likeness (QED) is 0.125. The molecular weight excluding hydrogens is 1100 g/mol. The lowest BCUT2D eigenvalue weighted by molar-refractivity contribution is 1.06. The molecule has 90 heavy (non-hydrogen) atoms. The molecule has 2 aliphatic rings. The van der Waals surface area contributed by atoms with Crippen molar-refractivity contribution < 1.29 is 0 Å². The monoisotopic (exact) mass is 1150 g/mol. The summed E-state index contributed by atoms with van der Waals surface area (Å²) in [4.78, 5) is 36.6. The zero-order valence-corrected chi connectivity index (χ0v) is 49.3. The van der Waals surface area contributed by atoms with Crippen LogP contribution < -0.4 is 26.2 Å². The van der Waals surface area contributed by atoms with Crippen LogP contribution in [0, 0.1) is 13.8 Å². The van der Waals surface area contributed by atoms with Crippen molar-refractivity contribution in [2.75, 3.05) is 9.80 Å². The van der Waals surface area contributed by atoms with Crippen molar-refractivity contribution in [2.24, 2.45) is 0 Å². The Bertz CT molecular complexity index is 5170. The van der Waals surface area contributed by atoms with Crippen molar-refractivity contribution in [3.63, 3.8) is 0 Å². The molecule has 0 unspecified atom stereocenters. The van der Waals surface area contributed by atoms with Crippen LogP contribution in [0.4, 0.5) is 34.1 Å². The van der Waals surface area contributed by atoms with Gasteiger partial charge in [-0.15, -0.1) is 0 Å². The van der Waals surface area contributed by atoms with Crippen LogP contribution in [0.1, 0.15) is 11.1 Å². The first-order valence-corrected chi connectivity index (χ1v) is 30.5. The van der Waals surface area contributed by atoms with Crippen LogP contribution in [-0.2, 0) is 0 Å². The van der Waals surface area contributed by atoms with Crippen LogP contribution in [0.25, 0.3) is 107 Å². The predicted octanol–water partition coefficient (Wildman–Crippen LogP) is 17.5. The van der Waals surface area contributed by atoms with Crippen LogP contribution in [-0.4, -0.2) is 41.2 Å². The van der Waals surface area contributed by atoms with Crippen LogP contribution in [0.2, 0.25) is 0 Å². The van der Waals surface area contributed by atoms with Gasteiger partial charge in [-0.3, -0.25) is 0 Å². The van der Waals surface area contributed by atoms with E-state index < -0.39 is 0 Å². The Labute approximate surface area is 521 Å². The molecule has 12 aromatic carbocycles. The van der Waals surface area contributed by atoms with Crippen molar-refractivity contribution in [3.8, 4) is 85.1 Å². The van der Waals surface area contributed by atoms with Gasteiger partial charge in [0.25, 0.3) is 6.71 Å². The zero-order chi connectivity index (χ0) is 59.8. The first-order valence-electron chi connectivity index (χ1n) is 30.5. The van der Waals surface area contributed by atoms with E-state index in [0.717, 1.165) is 72.6 Å². The standard InChI is InChI=1S/C80H54BN9/c1-51-37-44-67-62(47-51)63-48-52(2)38-45-68(63)90(67)69-46-41-59(79-83-75(54-21-7-3-8-22-54)82-76(84-79)55-23-9-4-10-24-55)50-64(69)80-86-77(56-25-11-5-12-26-56)85-78(87-80)58-28-19-27-57(49-58)53-39-42-61(43-40-53)89-71-34-18-16-32-66(71)81-65-31-15-17-33-70(65)88(60-29-13-6-14-30-60)72-35-20-36-73(89)74(72)81/h3-50H,1-2H3. The third-order valence-corrected chi connectivity index (χ3v) is 17.6. The molecule has 0 saturated carbocycles. The highest BCUT2D eigenvalue weighted by molar-refractivity contribution is 7.00. The number of anilines is 6. The largest absolute Gasteiger partial charge is 0.311 e. The highest BCUT2D eigenvalue weighted by Crippen LogP contribution is 2.45. The minimum atomic E-state index is 0.0645. The Morgan fingerprint density at radius 3 is 1.18 bits per heavy atom. The average molecular weight is 1150 g/mol. The number of hydrogen-bond donors (Lipinski definition) is 0. The molecule has 0 fully saturated rings. The molecule has 0 radical (unpaired) electrons. The predicted molar refractivity (Wildman–Crippen MR) is 369 cm³/mol. The number of hydrogen-bond acceptors (Lipinski definition) is 8. The number of para-hydroxylation sites is 3. The summed E-state index contributed by atoms with van der Waals surface area (Å²) in [6, 6.07) is 103. The Balaban J connectivity index is 0.812. The molecule has 0 saturated heterocycles. The molecule has 0 amide bonds. The molecule has 0 bridgehead atoms. The number of aromatic nitrogens is 7. The molecule has 5 heterocycles. The second-order valence-electron chi connectivity index (χ2n) is 23.2. The molecule has 0 spiro atoms. The van der Waals surface area contributed by atoms with Crippen molar-refractivity contribution in [1.29, 1.82) is 0 Å². The van der Waals surface area contributed by atoms with Crippen LogP contribution >= 0.6 is 0 Å². The lowest BCUT2D eigenvalue weighted by Gasteiger charge is -2.44. The zero-order valence-electron chi connectivity index (χ0n) is 49.3. The van der Waals surface area contributed by atoms with Gasteiger partial charge in [0.2, 0.25) is 0 Å². The maximum atomic E-state index is 5.54. The summed E-state index contributed by atoms with van der Waals surface area (Å²) in [7, 11) is 0. The fourth-order valence-corrected chi connectivity index (χ4v) is 13.4. The number of fused-ring (bicyclic) bond motifs is 7. The third-order valence-electron chi connectivity index (χ3n) is 17.6. The molecule has 9 nitrogen and oxygen atoms in total. The minimum Gasteiger partial charge on any atom is -0.311 e. The van der Waals surface area contributed by atoms with E-state index in [1.165, 1.54) is 61.0 Å². The highest BCUT2D eigenvalue weighted by Gasteiger charge is 2.43. The summed E-state index contributed by atoms with van der Waals surface area (Å²) < 4.78 is 2.35. The van der Waals surface area contributed by atoms with Gasteiger partial charge in [-0.2, -0.15) is 0 Å². The average Bonchev–Trinajstić information content (AvgIpc) is 0.740. The van der Waals surface area contributed by atoms with Crippen molar-refractivity contribution in [3.05, 3.63) is 302 Å². The smallest absolute Gasteiger partial charge is 0.252 e. The van der Waals surface area contributed by atoms with Gasteiger partial charge in [-0.25, -0.2) is 29.9 Å². The highest BCUT2D eigenvalue weighted by atomic mass is 15.2. The Kier molecular flexibility index (Phi) is 12.5. The molecule has 3 aromatic heterocycles.